The molecule has 0 amide bonds. The molecule has 0 heterocycles. The topological polar surface area (TPSA) is 38.5 Å². The molecule has 1 aliphatic carbocycles. The van der Waals surface area contributed by atoms with Gasteiger partial charge in [0.2, 0.25) is 0 Å². The van der Waals surface area contributed by atoms with Crippen molar-refractivity contribution in [1.82, 2.24) is 4.90 Å². The highest BCUT2D eigenvalue weighted by atomic mass is 32.1. The Labute approximate surface area is 104 Å². The van der Waals surface area contributed by atoms with E-state index in [-0.39, 0.29) is 0 Å². The number of rotatable bonds is 9. The quantitative estimate of drug-likeness (QED) is 0.496. The summed E-state index contributed by atoms with van der Waals surface area (Å²) in [6, 6.07) is 0.761. The number of hydrogen-bond donors (Lipinski definition) is 1. The molecule has 1 saturated carbocycles. The van der Waals surface area contributed by atoms with E-state index in [2.05, 4.69) is 18.7 Å². The van der Waals surface area contributed by atoms with E-state index in [0.29, 0.717) is 10.9 Å². The molecule has 3 nitrogen and oxygen atoms in total. The van der Waals surface area contributed by atoms with Gasteiger partial charge in [-0.15, -0.1) is 0 Å². The van der Waals surface area contributed by atoms with Gasteiger partial charge in [0.15, 0.2) is 0 Å². The Kier molecular flexibility index (Phi) is 6.24. The lowest BCUT2D eigenvalue weighted by Gasteiger charge is -2.21. The second-order valence-corrected chi connectivity index (χ2v) is 5.48. The van der Waals surface area contributed by atoms with Crippen molar-refractivity contribution in [3.05, 3.63) is 0 Å². The predicted octanol–water partition coefficient (Wildman–Crippen LogP) is 1.80. The van der Waals surface area contributed by atoms with Crippen LogP contribution in [0, 0.1) is 5.92 Å². The zero-order valence-corrected chi connectivity index (χ0v) is 11.3. The summed E-state index contributed by atoms with van der Waals surface area (Å²) in [5, 5.41) is 0. The Morgan fingerprint density at radius 2 is 2.12 bits per heavy atom. The van der Waals surface area contributed by atoms with E-state index in [1.54, 1.807) is 0 Å². The maximum absolute atomic E-state index is 5.60. The number of ether oxygens (including phenoxy) is 1. The molecule has 0 aromatic rings. The molecular formula is C12H24N2OS. The SMILES string of the molecule is CC(C)COCCN(CCC(N)=S)C1CC1. The van der Waals surface area contributed by atoms with Crippen molar-refractivity contribution >= 4 is 17.2 Å². The lowest BCUT2D eigenvalue weighted by atomic mass is 10.2. The van der Waals surface area contributed by atoms with Crippen molar-refractivity contribution in [2.45, 2.75) is 39.2 Å². The molecule has 0 bridgehead atoms. The van der Waals surface area contributed by atoms with Crippen LogP contribution in [-0.4, -0.2) is 42.2 Å². The van der Waals surface area contributed by atoms with Gasteiger partial charge >= 0.3 is 0 Å². The molecule has 94 valence electrons. The van der Waals surface area contributed by atoms with Crippen LogP contribution in [0.3, 0.4) is 0 Å². The number of nitrogens with zero attached hydrogens (tertiary/aromatic N) is 1. The second kappa shape index (κ2) is 7.20. The minimum Gasteiger partial charge on any atom is -0.393 e. The van der Waals surface area contributed by atoms with Crippen molar-refractivity contribution < 1.29 is 4.74 Å². The standard InChI is InChI=1S/C12H24N2OS/c1-10(2)9-15-8-7-14(11-3-4-11)6-5-12(13)16/h10-11H,3-9H2,1-2H3,(H2,13,16). The molecule has 0 spiro atoms. The first kappa shape index (κ1) is 13.9. The molecule has 16 heavy (non-hydrogen) atoms. The summed E-state index contributed by atoms with van der Waals surface area (Å²) in [5.74, 6) is 0.617. The zero-order chi connectivity index (χ0) is 12.0. The third-order valence-electron chi connectivity index (χ3n) is 2.68. The molecular weight excluding hydrogens is 220 g/mol. The van der Waals surface area contributed by atoms with Crippen molar-refractivity contribution in [2.24, 2.45) is 11.7 Å². The number of thiocarbonyl (C=S) groups is 1. The average molecular weight is 244 g/mol. The van der Waals surface area contributed by atoms with E-state index in [0.717, 1.165) is 38.8 Å². The summed E-state index contributed by atoms with van der Waals surface area (Å²) < 4.78 is 5.60. The van der Waals surface area contributed by atoms with E-state index in [1.165, 1.54) is 12.8 Å². The molecule has 1 rings (SSSR count). The molecule has 0 unspecified atom stereocenters. The van der Waals surface area contributed by atoms with Gasteiger partial charge in [0.05, 0.1) is 11.6 Å². The maximum atomic E-state index is 5.60. The lowest BCUT2D eigenvalue weighted by molar-refractivity contribution is 0.0840. The number of nitrogens with two attached hydrogens (primary N) is 1. The fourth-order valence-corrected chi connectivity index (χ4v) is 1.76. The largest absolute Gasteiger partial charge is 0.393 e. The Bertz CT molecular complexity index is 217. The monoisotopic (exact) mass is 244 g/mol. The Hall–Kier alpha value is -0.190. The summed E-state index contributed by atoms with van der Waals surface area (Å²) in [5.41, 5.74) is 5.53. The summed E-state index contributed by atoms with van der Waals surface area (Å²) in [7, 11) is 0. The molecule has 0 aromatic carbocycles. The highest BCUT2D eigenvalue weighted by Crippen LogP contribution is 2.26. The lowest BCUT2D eigenvalue weighted by Crippen LogP contribution is -2.33. The van der Waals surface area contributed by atoms with Crippen LogP contribution in [0.2, 0.25) is 0 Å². The van der Waals surface area contributed by atoms with Crippen LogP contribution in [0.4, 0.5) is 0 Å². The first-order chi connectivity index (χ1) is 7.59. The van der Waals surface area contributed by atoms with Crippen LogP contribution in [0.15, 0.2) is 0 Å². The van der Waals surface area contributed by atoms with Crippen molar-refractivity contribution in [1.29, 1.82) is 0 Å². The van der Waals surface area contributed by atoms with Crippen LogP contribution < -0.4 is 5.73 Å². The Balaban J connectivity index is 2.10. The van der Waals surface area contributed by atoms with Gasteiger partial charge in [0.1, 0.15) is 0 Å². The molecule has 0 aliphatic heterocycles. The summed E-state index contributed by atoms with van der Waals surface area (Å²) >= 11 is 4.91. The Morgan fingerprint density at radius 1 is 1.44 bits per heavy atom. The molecule has 0 atom stereocenters. The fourth-order valence-electron chi connectivity index (χ4n) is 1.67. The van der Waals surface area contributed by atoms with Crippen molar-refractivity contribution in [3.8, 4) is 0 Å². The third-order valence-corrected chi connectivity index (χ3v) is 2.89. The molecule has 0 aromatic heterocycles. The highest BCUT2D eigenvalue weighted by molar-refractivity contribution is 7.80. The van der Waals surface area contributed by atoms with Crippen LogP contribution in [-0.2, 0) is 4.74 Å². The van der Waals surface area contributed by atoms with Crippen LogP contribution in [0.1, 0.15) is 33.1 Å². The minimum absolute atomic E-state index is 0.617. The van der Waals surface area contributed by atoms with Gasteiger partial charge in [-0.1, -0.05) is 26.1 Å². The highest BCUT2D eigenvalue weighted by Gasteiger charge is 2.28. The summed E-state index contributed by atoms with van der Waals surface area (Å²) in [6.07, 6.45) is 3.47. The van der Waals surface area contributed by atoms with Crippen LogP contribution >= 0.6 is 12.2 Å². The van der Waals surface area contributed by atoms with E-state index in [1.807, 2.05) is 0 Å². The normalized spacial score (nSPS) is 16.0. The molecule has 4 heteroatoms. The average Bonchev–Trinajstić information content (AvgIpc) is 2.99. The van der Waals surface area contributed by atoms with Crippen molar-refractivity contribution in [3.63, 3.8) is 0 Å². The van der Waals surface area contributed by atoms with Gasteiger partial charge in [-0.3, -0.25) is 4.90 Å². The maximum Gasteiger partial charge on any atom is 0.0740 e. The van der Waals surface area contributed by atoms with Gasteiger partial charge in [0, 0.05) is 32.2 Å². The van der Waals surface area contributed by atoms with Gasteiger partial charge in [-0.25, -0.2) is 0 Å². The van der Waals surface area contributed by atoms with Crippen molar-refractivity contribution in [2.75, 3.05) is 26.3 Å². The van der Waals surface area contributed by atoms with Crippen LogP contribution in [0.25, 0.3) is 0 Å². The van der Waals surface area contributed by atoms with E-state index >= 15 is 0 Å². The molecule has 0 radical (unpaired) electrons. The van der Waals surface area contributed by atoms with Gasteiger partial charge in [-0.05, 0) is 18.8 Å². The smallest absolute Gasteiger partial charge is 0.0740 e. The molecule has 1 aliphatic rings. The first-order valence-electron chi connectivity index (χ1n) is 6.19. The van der Waals surface area contributed by atoms with E-state index < -0.39 is 0 Å². The van der Waals surface area contributed by atoms with Gasteiger partial charge < -0.3 is 10.5 Å². The molecule has 0 saturated heterocycles. The van der Waals surface area contributed by atoms with E-state index in [4.69, 9.17) is 22.7 Å². The van der Waals surface area contributed by atoms with Crippen LogP contribution in [0.5, 0.6) is 0 Å². The van der Waals surface area contributed by atoms with Gasteiger partial charge in [0.25, 0.3) is 0 Å². The summed E-state index contributed by atoms with van der Waals surface area (Å²) in [4.78, 5) is 3.08. The fraction of sp³-hybridized carbons (Fsp3) is 0.917. The summed E-state index contributed by atoms with van der Waals surface area (Å²) in [6.45, 7) is 8.03. The van der Waals surface area contributed by atoms with Gasteiger partial charge in [-0.2, -0.15) is 0 Å². The third kappa shape index (κ3) is 6.40. The molecule has 1 fully saturated rings. The Morgan fingerprint density at radius 3 is 2.62 bits per heavy atom. The molecule has 2 N–H and O–H groups in total. The minimum atomic E-state index is 0.617. The second-order valence-electron chi connectivity index (χ2n) is 4.95. The number of hydrogen-bond acceptors (Lipinski definition) is 3. The first-order valence-corrected chi connectivity index (χ1v) is 6.60. The zero-order valence-electron chi connectivity index (χ0n) is 10.4. The van der Waals surface area contributed by atoms with E-state index in [9.17, 15) is 0 Å². The predicted molar refractivity (Wildman–Crippen MR) is 71.7 cm³/mol.